The van der Waals surface area contributed by atoms with Crippen LogP contribution in [-0.4, -0.2) is 11.5 Å². The standard InChI is InChI=1S/C13H21N3S/c1-10-8-16-12(17-10)11(2)15-7-5-6-13(3,4)9-14/h8,11,15H,5-7H2,1-4H3. The third-order valence-corrected chi connectivity index (χ3v) is 3.84. The Morgan fingerprint density at radius 2 is 2.29 bits per heavy atom. The van der Waals surface area contributed by atoms with Gasteiger partial charge in [0.05, 0.1) is 17.5 Å². The molecular formula is C13H21N3S. The first-order valence-electron chi connectivity index (χ1n) is 6.01. The summed E-state index contributed by atoms with van der Waals surface area (Å²) in [6.45, 7) is 9.11. The lowest BCUT2D eigenvalue weighted by Crippen LogP contribution is -2.21. The minimum atomic E-state index is -0.206. The molecule has 4 heteroatoms. The fraction of sp³-hybridized carbons (Fsp3) is 0.692. The maximum atomic E-state index is 8.90. The number of aryl methyl sites for hydroxylation is 1. The van der Waals surface area contributed by atoms with E-state index in [4.69, 9.17) is 5.26 Å². The molecule has 0 aliphatic carbocycles. The summed E-state index contributed by atoms with van der Waals surface area (Å²) in [6.07, 6.45) is 3.87. The van der Waals surface area contributed by atoms with Crippen molar-refractivity contribution < 1.29 is 0 Å². The van der Waals surface area contributed by atoms with Crippen LogP contribution in [0.25, 0.3) is 0 Å². The predicted molar refractivity (Wildman–Crippen MR) is 71.9 cm³/mol. The zero-order chi connectivity index (χ0) is 12.9. The molecule has 0 aromatic carbocycles. The second-order valence-corrected chi connectivity index (χ2v) is 6.35. The summed E-state index contributed by atoms with van der Waals surface area (Å²) in [6, 6.07) is 2.63. The number of hydrogen-bond donors (Lipinski definition) is 1. The van der Waals surface area contributed by atoms with Crippen LogP contribution in [0.2, 0.25) is 0 Å². The van der Waals surface area contributed by atoms with Gasteiger partial charge in [0, 0.05) is 11.1 Å². The summed E-state index contributed by atoms with van der Waals surface area (Å²) in [7, 11) is 0. The molecule has 3 nitrogen and oxygen atoms in total. The molecule has 0 fully saturated rings. The Labute approximate surface area is 108 Å². The number of nitrogens with zero attached hydrogens (tertiary/aromatic N) is 2. The summed E-state index contributed by atoms with van der Waals surface area (Å²) in [4.78, 5) is 5.61. The van der Waals surface area contributed by atoms with Crippen LogP contribution in [0, 0.1) is 23.7 Å². The zero-order valence-electron chi connectivity index (χ0n) is 11.1. The lowest BCUT2D eigenvalue weighted by Gasteiger charge is -2.16. The highest BCUT2D eigenvalue weighted by molar-refractivity contribution is 7.11. The van der Waals surface area contributed by atoms with Crippen molar-refractivity contribution in [1.29, 1.82) is 5.26 Å². The maximum Gasteiger partial charge on any atom is 0.109 e. The molecule has 17 heavy (non-hydrogen) atoms. The van der Waals surface area contributed by atoms with Crippen LogP contribution in [0.15, 0.2) is 6.20 Å². The Morgan fingerprint density at radius 1 is 1.59 bits per heavy atom. The van der Waals surface area contributed by atoms with Crippen LogP contribution in [0.4, 0.5) is 0 Å². The summed E-state index contributed by atoms with van der Waals surface area (Å²) in [5.41, 5.74) is -0.206. The molecule has 0 saturated carbocycles. The molecule has 1 atom stereocenters. The van der Waals surface area contributed by atoms with Gasteiger partial charge in [-0.1, -0.05) is 0 Å². The molecule has 0 spiro atoms. The Kier molecular flexibility index (Phi) is 5.10. The van der Waals surface area contributed by atoms with E-state index in [1.54, 1.807) is 11.3 Å². The first-order chi connectivity index (χ1) is 7.94. The average molecular weight is 251 g/mol. The molecule has 1 N–H and O–H groups in total. The van der Waals surface area contributed by atoms with Gasteiger partial charge in [-0.05, 0) is 47.1 Å². The monoisotopic (exact) mass is 251 g/mol. The molecule has 0 amide bonds. The Balaban J connectivity index is 2.26. The van der Waals surface area contributed by atoms with E-state index in [0.29, 0.717) is 6.04 Å². The number of hydrogen-bond acceptors (Lipinski definition) is 4. The van der Waals surface area contributed by atoms with Gasteiger partial charge < -0.3 is 5.32 Å². The van der Waals surface area contributed by atoms with Gasteiger partial charge >= 0.3 is 0 Å². The Morgan fingerprint density at radius 3 is 2.82 bits per heavy atom. The van der Waals surface area contributed by atoms with E-state index in [1.165, 1.54) is 4.88 Å². The van der Waals surface area contributed by atoms with Gasteiger partial charge in [0.15, 0.2) is 0 Å². The molecule has 0 aliphatic rings. The molecule has 0 aliphatic heterocycles. The number of rotatable bonds is 6. The van der Waals surface area contributed by atoms with Crippen molar-refractivity contribution in [2.45, 2.75) is 46.6 Å². The largest absolute Gasteiger partial charge is 0.308 e. The van der Waals surface area contributed by atoms with E-state index in [2.05, 4.69) is 30.2 Å². The average Bonchev–Trinajstić information content (AvgIpc) is 2.71. The number of nitrogens with one attached hydrogen (secondary N) is 1. The normalized spacial score (nSPS) is 13.4. The molecule has 1 heterocycles. The third kappa shape index (κ3) is 4.84. The lowest BCUT2D eigenvalue weighted by molar-refractivity contribution is 0.417. The van der Waals surface area contributed by atoms with Crippen molar-refractivity contribution in [3.05, 3.63) is 16.1 Å². The van der Waals surface area contributed by atoms with Crippen molar-refractivity contribution in [2.24, 2.45) is 5.41 Å². The highest BCUT2D eigenvalue weighted by atomic mass is 32.1. The van der Waals surface area contributed by atoms with Crippen molar-refractivity contribution in [1.82, 2.24) is 10.3 Å². The highest BCUT2D eigenvalue weighted by Crippen LogP contribution is 2.21. The van der Waals surface area contributed by atoms with Gasteiger partial charge in [0.1, 0.15) is 5.01 Å². The van der Waals surface area contributed by atoms with Gasteiger partial charge in [0.25, 0.3) is 0 Å². The molecule has 0 radical (unpaired) electrons. The molecular weight excluding hydrogens is 230 g/mol. The summed E-state index contributed by atoms with van der Waals surface area (Å²) in [5, 5.41) is 13.5. The van der Waals surface area contributed by atoms with E-state index in [1.807, 2.05) is 20.0 Å². The molecule has 0 saturated heterocycles. The molecule has 0 bridgehead atoms. The molecule has 94 valence electrons. The second-order valence-electron chi connectivity index (χ2n) is 5.08. The van der Waals surface area contributed by atoms with Crippen molar-refractivity contribution >= 4 is 11.3 Å². The van der Waals surface area contributed by atoms with Crippen molar-refractivity contribution in [3.8, 4) is 6.07 Å². The lowest BCUT2D eigenvalue weighted by atomic mass is 9.90. The summed E-state index contributed by atoms with van der Waals surface area (Å²) >= 11 is 1.74. The van der Waals surface area contributed by atoms with E-state index >= 15 is 0 Å². The van der Waals surface area contributed by atoms with Crippen LogP contribution < -0.4 is 5.32 Å². The minimum absolute atomic E-state index is 0.206. The molecule has 1 aromatic rings. The zero-order valence-corrected chi connectivity index (χ0v) is 11.9. The first kappa shape index (κ1) is 14.1. The van der Waals surface area contributed by atoms with Crippen LogP contribution in [-0.2, 0) is 0 Å². The van der Waals surface area contributed by atoms with E-state index in [0.717, 1.165) is 24.4 Å². The molecule has 1 rings (SSSR count). The highest BCUT2D eigenvalue weighted by Gasteiger charge is 2.16. The fourth-order valence-electron chi connectivity index (χ4n) is 1.56. The SMILES string of the molecule is Cc1cnc(C(C)NCCCC(C)(C)C#N)s1. The Bertz CT molecular complexity index is 390. The quantitative estimate of drug-likeness (QED) is 0.788. The van der Waals surface area contributed by atoms with Gasteiger partial charge in [-0.2, -0.15) is 5.26 Å². The third-order valence-electron chi connectivity index (χ3n) is 2.74. The van der Waals surface area contributed by atoms with Gasteiger partial charge in [0.2, 0.25) is 0 Å². The van der Waals surface area contributed by atoms with E-state index < -0.39 is 0 Å². The Hall–Kier alpha value is -0.920. The minimum Gasteiger partial charge on any atom is -0.308 e. The fourth-order valence-corrected chi connectivity index (χ4v) is 2.37. The van der Waals surface area contributed by atoms with Crippen LogP contribution in [0.1, 0.15) is 49.5 Å². The van der Waals surface area contributed by atoms with Crippen LogP contribution in [0.5, 0.6) is 0 Å². The smallest absolute Gasteiger partial charge is 0.109 e. The first-order valence-corrected chi connectivity index (χ1v) is 6.83. The topological polar surface area (TPSA) is 48.7 Å². The maximum absolute atomic E-state index is 8.90. The number of nitriles is 1. The van der Waals surface area contributed by atoms with Crippen LogP contribution in [0.3, 0.4) is 0 Å². The van der Waals surface area contributed by atoms with Gasteiger partial charge in [-0.15, -0.1) is 11.3 Å². The van der Waals surface area contributed by atoms with Gasteiger partial charge in [-0.3, -0.25) is 0 Å². The second kappa shape index (κ2) is 6.13. The van der Waals surface area contributed by atoms with Crippen molar-refractivity contribution in [3.63, 3.8) is 0 Å². The summed E-state index contributed by atoms with van der Waals surface area (Å²) < 4.78 is 0. The van der Waals surface area contributed by atoms with E-state index in [9.17, 15) is 0 Å². The number of aromatic nitrogens is 1. The predicted octanol–water partition coefficient (Wildman–Crippen LogP) is 3.43. The number of thiazole rings is 1. The van der Waals surface area contributed by atoms with Crippen molar-refractivity contribution in [2.75, 3.05) is 6.54 Å². The summed E-state index contributed by atoms with van der Waals surface area (Å²) in [5.74, 6) is 0. The van der Waals surface area contributed by atoms with Crippen LogP contribution >= 0.6 is 11.3 Å². The van der Waals surface area contributed by atoms with E-state index in [-0.39, 0.29) is 5.41 Å². The van der Waals surface area contributed by atoms with Gasteiger partial charge in [-0.25, -0.2) is 4.98 Å². The molecule has 1 aromatic heterocycles. The molecule has 1 unspecified atom stereocenters.